The molecule has 0 amide bonds. The van der Waals surface area contributed by atoms with E-state index in [1.54, 1.807) is 0 Å². The molecule has 7 heteroatoms. The van der Waals surface area contributed by atoms with E-state index in [-0.39, 0.29) is 24.0 Å². The first-order chi connectivity index (χ1) is 11.8. The number of nitrogens with zero attached hydrogens (tertiary/aromatic N) is 2. The predicted molar refractivity (Wildman–Crippen MR) is 116 cm³/mol. The standard InChI is InChI=1S/C18H38N4O2.HI/c1-4-6-11-22(3)12-10-21-18(19-5-2)20-9-7-13-23-15-17-8-14-24-16-17;/h17H,4-16H2,1-3H3,(H2,19,20,21);1H. The van der Waals surface area contributed by atoms with Crippen molar-refractivity contribution in [3.8, 4) is 0 Å². The van der Waals surface area contributed by atoms with E-state index in [1.165, 1.54) is 12.8 Å². The summed E-state index contributed by atoms with van der Waals surface area (Å²) in [5.74, 6) is 1.50. The van der Waals surface area contributed by atoms with Gasteiger partial charge in [0.05, 0.1) is 13.2 Å². The fourth-order valence-electron chi connectivity index (χ4n) is 2.57. The summed E-state index contributed by atoms with van der Waals surface area (Å²) in [6, 6.07) is 0. The Morgan fingerprint density at radius 3 is 2.76 bits per heavy atom. The first-order valence-electron chi connectivity index (χ1n) is 9.62. The van der Waals surface area contributed by atoms with Gasteiger partial charge in [-0.1, -0.05) is 13.3 Å². The third-order valence-electron chi connectivity index (χ3n) is 4.12. The summed E-state index contributed by atoms with van der Waals surface area (Å²) in [5, 5.41) is 6.70. The first-order valence-corrected chi connectivity index (χ1v) is 9.62. The second-order valence-corrected chi connectivity index (χ2v) is 6.50. The third kappa shape index (κ3) is 13.7. The smallest absolute Gasteiger partial charge is 0.191 e. The van der Waals surface area contributed by atoms with Gasteiger partial charge < -0.3 is 25.0 Å². The van der Waals surface area contributed by atoms with Crippen molar-refractivity contribution in [2.45, 2.75) is 39.5 Å². The minimum absolute atomic E-state index is 0. The van der Waals surface area contributed by atoms with Gasteiger partial charge in [0.25, 0.3) is 0 Å². The van der Waals surface area contributed by atoms with Crippen LogP contribution in [0.1, 0.15) is 39.5 Å². The Labute approximate surface area is 171 Å². The minimum Gasteiger partial charge on any atom is -0.381 e. The van der Waals surface area contributed by atoms with Crippen LogP contribution in [-0.2, 0) is 9.47 Å². The maximum Gasteiger partial charge on any atom is 0.191 e. The predicted octanol–water partition coefficient (Wildman–Crippen LogP) is 2.33. The lowest BCUT2D eigenvalue weighted by Gasteiger charge is -2.17. The lowest BCUT2D eigenvalue weighted by Crippen LogP contribution is -2.41. The molecule has 1 heterocycles. The van der Waals surface area contributed by atoms with Crippen molar-refractivity contribution >= 4 is 29.9 Å². The maximum absolute atomic E-state index is 5.71. The highest BCUT2D eigenvalue weighted by Gasteiger charge is 2.15. The van der Waals surface area contributed by atoms with Crippen molar-refractivity contribution < 1.29 is 9.47 Å². The molecule has 1 fully saturated rings. The van der Waals surface area contributed by atoms with Crippen LogP contribution in [0.2, 0.25) is 0 Å². The van der Waals surface area contributed by atoms with Crippen molar-refractivity contribution in [3.63, 3.8) is 0 Å². The highest BCUT2D eigenvalue weighted by Crippen LogP contribution is 2.12. The molecule has 1 unspecified atom stereocenters. The molecule has 2 N–H and O–H groups in total. The largest absolute Gasteiger partial charge is 0.381 e. The zero-order chi connectivity index (χ0) is 17.5. The van der Waals surface area contributed by atoms with E-state index in [4.69, 9.17) is 9.47 Å². The van der Waals surface area contributed by atoms with Crippen LogP contribution in [0.25, 0.3) is 0 Å². The fourth-order valence-corrected chi connectivity index (χ4v) is 2.57. The first kappa shape index (κ1) is 24.9. The average Bonchev–Trinajstić information content (AvgIpc) is 3.09. The Balaban J connectivity index is 0.00000576. The van der Waals surface area contributed by atoms with Crippen molar-refractivity contribution in [1.29, 1.82) is 0 Å². The molecular weight excluding hydrogens is 431 g/mol. The molecule has 1 atom stereocenters. The average molecular weight is 470 g/mol. The van der Waals surface area contributed by atoms with Gasteiger partial charge in [0, 0.05) is 45.3 Å². The summed E-state index contributed by atoms with van der Waals surface area (Å²) < 4.78 is 11.1. The van der Waals surface area contributed by atoms with Crippen LogP contribution < -0.4 is 10.6 Å². The summed E-state index contributed by atoms with van der Waals surface area (Å²) in [6.07, 6.45) is 4.61. The van der Waals surface area contributed by atoms with E-state index in [1.807, 2.05) is 0 Å². The molecule has 0 radical (unpaired) electrons. The number of hydrogen-bond donors (Lipinski definition) is 2. The third-order valence-corrected chi connectivity index (χ3v) is 4.12. The lowest BCUT2D eigenvalue weighted by molar-refractivity contribution is 0.0893. The molecule has 6 nitrogen and oxygen atoms in total. The lowest BCUT2D eigenvalue weighted by atomic mass is 10.1. The van der Waals surface area contributed by atoms with Gasteiger partial charge in [-0.3, -0.25) is 4.99 Å². The number of hydrogen-bond acceptors (Lipinski definition) is 4. The van der Waals surface area contributed by atoms with E-state index < -0.39 is 0 Å². The van der Waals surface area contributed by atoms with E-state index in [0.29, 0.717) is 5.92 Å². The van der Waals surface area contributed by atoms with Crippen LogP contribution in [0.4, 0.5) is 0 Å². The number of unbranched alkanes of at least 4 members (excludes halogenated alkanes) is 1. The molecule has 150 valence electrons. The van der Waals surface area contributed by atoms with Crippen LogP contribution in [0.3, 0.4) is 0 Å². The molecule has 1 aliphatic heterocycles. The van der Waals surface area contributed by atoms with E-state index in [9.17, 15) is 0 Å². The van der Waals surface area contributed by atoms with Crippen molar-refractivity contribution in [3.05, 3.63) is 0 Å². The molecule has 0 aromatic rings. The highest BCUT2D eigenvalue weighted by atomic mass is 127. The van der Waals surface area contributed by atoms with Gasteiger partial charge in [-0.2, -0.15) is 0 Å². The number of likely N-dealkylation sites (N-methyl/N-ethyl adjacent to an activating group) is 1. The number of ether oxygens (including phenoxy) is 2. The van der Waals surface area contributed by atoms with Crippen LogP contribution >= 0.6 is 24.0 Å². The second-order valence-electron chi connectivity index (χ2n) is 6.50. The van der Waals surface area contributed by atoms with Gasteiger partial charge in [0.1, 0.15) is 0 Å². The van der Waals surface area contributed by atoms with Crippen LogP contribution in [-0.4, -0.2) is 77.1 Å². The fraction of sp³-hybridized carbons (Fsp3) is 0.944. The summed E-state index contributed by atoms with van der Waals surface area (Å²) in [6.45, 7) is 12.5. The number of guanidine groups is 1. The SMILES string of the molecule is CCCCN(C)CCNC(=NCCCOCC1CCOC1)NCC.I. The van der Waals surface area contributed by atoms with E-state index in [2.05, 4.69) is 41.4 Å². The summed E-state index contributed by atoms with van der Waals surface area (Å²) in [5.41, 5.74) is 0. The van der Waals surface area contributed by atoms with Gasteiger partial charge in [0.2, 0.25) is 0 Å². The molecule has 0 saturated carbocycles. The number of aliphatic imine (C=N–C) groups is 1. The van der Waals surface area contributed by atoms with Gasteiger partial charge >= 0.3 is 0 Å². The minimum atomic E-state index is 0. The molecular formula is C18H39IN4O2. The Kier molecular flexibility index (Phi) is 17.2. The zero-order valence-corrected chi connectivity index (χ0v) is 18.7. The van der Waals surface area contributed by atoms with Crippen molar-refractivity contribution in [2.24, 2.45) is 10.9 Å². The number of nitrogens with one attached hydrogen (secondary N) is 2. The molecule has 25 heavy (non-hydrogen) atoms. The van der Waals surface area contributed by atoms with Gasteiger partial charge in [-0.05, 0) is 39.8 Å². The Hall–Kier alpha value is -0.120. The van der Waals surface area contributed by atoms with Crippen molar-refractivity contribution in [1.82, 2.24) is 15.5 Å². The molecule has 1 aliphatic rings. The Bertz CT molecular complexity index is 326. The molecule has 0 bridgehead atoms. The van der Waals surface area contributed by atoms with Gasteiger partial charge in [-0.15, -0.1) is 24.0 Å². The molecule has 0 aromatic carbocycles. The second kappa shape index (κ2) is 17.3. The topological polar surface area (TPSA) is 58.1 Å². The molecule has 0 spiro atoms. The van der Waals surface area contributed by atoms with Gasteiger partial charge in [-0.25, -0.2) is 0 Å². The zero-order valence-electron chi connectivity index (χ0n) is 16.4. The summed E-state index contributed by atoms with van der Waals surface area (Å²) in [7, 11) is 2.17. The molecule has 1 rings (SSSR count). The maximum atomic E-state index is 5.71. The van der Waals surface area contributed by atoms with Crippen LogP contribution in [0, 0.1) is 5.92 Å². The normalized spacial score (nSPS) is 17.6. The summed E-state index contributed by atoms with van der Waals surface area (Å²) >= 11 is 0. The Morgan fingerprint density at radius 1 is 1.24 bits per heavy atom. The number of halogens is 1. The Morgan fingerprint density at radius 2 is 2.08 bits per heavy atom. The highest BCUT2D eigenvalue weighted by molar-refractivity contribution is 14.0. The van der Waals surface area contributed by atoms with E-state index in [0.717, 1.165) is 78.0 Å². The monoisotopic (exact) mass is 470 g/mol. The molecule has 0 aromatic heterocycles. The van der Waals surface area contributed by atoms with Crippen LogP contribution in [0.15, 0.2) is 4.99 Å². The van der Waals surface area contributed by atoms with Gasteiger partial charge in [0.15, 0.2) is 5.96 Å². The molecule has 0 aliphatic carbocycles. The van der Waals surface area contributed by atoms with E-state index >= 15 is 0 Å². The van der Waals surface area contributed by atoms with Crippen molar-refractivity contribution in [2.75, 3.05) is 66.2 Å². The van der Waals surface area contributed by atoms with Crippen LogP contribution in [0.5, 0.6) is 0 Å². The summed E-state index contributed by atoms with van der Waals surface area (Å²) in [4.78, 5) is 6.97. The molecule has 1 saturated heterocycles. The quantitative estimate of drug-likeness (QED) is 0.187. The number of rotatable bonds is 13.